The molecule has 0 atom stereocenters. The number of hydrogen-bond donors (Lipinski definition) is 6. The van der Waals surface area contributed by atoms with Gasteiger partial charge in [-0.25, -0.2) is 9.59 Å². The number of carbonyl (C=O) groups excluding carboxylic acids is 2. The molecule has 0 radical (unpaired) electrons. The third kappa shape index (κ3) is 3.97. The lowest BCUT2D eigenvalue weighted by atomic mass is 10.2. The molecule has 5 rings (SSSR count). The van der Waals surface area contributed by atoms with Crippen molar-refractivity contribution in [1.29, 1.82) is 0 Å². The van der Waals surface area contributed by atoms with Crippen LogP contribution in [-0.4, -0.2) is 22.0 Å². The molecule has 8 heteroatoms. The highest BCUT2D eigenvalue weighted by molar-refractivity contribution is 6.07. The van der Waals surface area contributed by atoms with E-state index in [1.54, 1.807) is 24.3 Å². The molecule has 0 saturated carbocycles. The topological polar surface area (TPSA) is 114 Å². The zero-order valence-electron chi connectivity index (χ0n) is 16.9. The van der Waals surface area contributed by atoms with Gasteiger partial charge in [-0.1, -0.05) is 12.1 Å². The Labute approximate surface area is 183 Å². The first-order chi connectivity index (χ1) is 15.7. The summed E-state index contributed by atoms with van der Waals surface area (Å²) in [4.78, 5) is 31.0. The Morgan fingerprint density at radius 2 is 0.969 bits per heavy atom. The van der Waals surface area contributed by atoms with Gasteiger partial charge in [0.25, 0.3) is 0 Å². The van der Waals surface area contributed by atoms with Crippen LogP contribution in [0.5, 0.6) is 0 Å². The highest BCUT2D eigenvalue weighted by Gasteiger charge is 2.09. The molecular weight excluding hydrogens is 404 g/mol. The van der Waals surface area contributed by atoms with Crippen molar-refractivity contribution in [2.45, 2.75) is 0 Å². The van der Waals surface area contributed by atoms with Gasteiger partial charge in [-0.3, -0.25) is 0 Å². The lowest BCUT2D eigenvalue weighted by Crippen LogP contribution is -2.20. The van der Waals surface area contributed by atoms with Crippen LogP contribution in [0.4, 0.5) is 32.3 Å². The molecular formula is C24H20N6O2. The van der Waals surface area contributed by atoms with Crippen molar-refractivity contribution in [2.75, 3.05) is 21.3 Å². The maximum atomic E-state index is 12.4. The molecule has 0 unspecified atom stereocenters. The first-order valence-corrected chi connectivity index (χ1v) is 10.0. The normalized spacial score (nSPS) is 10.8. The average molecular weight is 424 g/mol. The van der Waals surface area contributed by atoms with E-state index in [-0.39, 0.29) is 12.1 Å². The van der Waals surface area contributed by atoms with Crippen molar-refractivity contribution >= 4 is 56.6 Å². The molecule has 0 fully saturated rings. The van der Waals surface area contributed by atoms with Crippen LogP contribution in [0.15, 0.2) is 85.2 Å². The van der Waals surface area contributed by atoms with E-state index in [0.29, 0.717) is 22.7 Å². The van der Waals surface area contributed by atoms with Gasteiger partial charge in [0.05, 0.1) is 11.4 Å². The smallest absolute Gasteiger partial charge is 0.323 e. The first-order valence-electron chi connectivity index (χ1n) is 10.0. The van der Waals surface area contributed by atoms with Crippen LogP contribution >= 0.6 is 0 Å². The Bertz CT molecular complexity index is 1310. The summed E-state index contributed by atoms with van der Waals surface area (Å²) in [7, 11) is 0. The lowest BCUT2D eigenvalue weighted by Gasteiger charge is -2.11. The van der Waals surface area contributed by atoms with Crippen LogP contribution in [0.25, 0.3) is 21.8 Å². The summed E-state index contributed by atoms with van der Waals surface area (Å²) in [5.74, 6) is 0. The molecule has 0 saturated heterocycles. The predicted molar refractivity (Wildman–Crippen MR) is 128 cm³/mol. The van der Waals surface area contributed by atoms with Crippen LogP contribution in [-0.2, 0) is 0 Å². The molecule has 32 heavy (non-hydrogen) atoms. The second kappa shape index (κ2) is 8.19. The Balaban J connectivity index is 1.19. The van der Waals surface area contributed by atoms with Crippen LogP contribution in [0, 0.1) is 0 Å². The van der Waals surface area contributed by atoms with Crippen molar-refractivity contribution in [1.82, 2.24) is 9.97 Å². The van der Waals surface area contributed by atoms with E-state index in [2.05, 4.69) is 31.2 Å². The van der Waals surface area contributed by atoms with Gasteiger partial charge in [-0.05, 0) is 60.7 Å². The number of rotatable bonds is 4. The summed E-state index contributed by atoms with van der Waals surface area (Å²) in [5.41, 5.74) is 4.54. The molecule has 5 aromatic rings. The second-order valence-corrected chi connectivity index (χ2v) is 7.22. The van der Waals surface area contributed by atoms with Gasteiger partial charge in [0, 0.05) is 45.6 Å². The number of carbonyl (C=O) groups is 2. The summed E-state index contributed by atoms with van der Waals surface area (Å²) in [5, 5.41) is 13.2. The zero-order chi connectivity index (χ0) is 21.9. The molecule has 0 aliphatic carbocycles. The average Bonchev–Trinajstić information content (AvgIpc) is 3.45. The molecule has 3 aromatic carbocycles. The van der Waals surface area contributed by atoms with Gasteiger partial charge in [0.15, 0.2) is 0 Å². The van der Waals surface area contributed by atoms with Crippen LogP contribution in [0.3, 0.4) is 0 Å². The van der Waals surface area contributed by atoms with Gasteiger partial charge >= 0.3 is 12.1 Å². The highest BCUT2D eigenvalue weighted by Crippen LogP contribution is 2.24. The fourth-order valence-corrected chi connectivity index (χ4v) is 3.60. The van der Waals surface area contributed by atoms with Crippen molar-refractivity contribution in [2.24, 2.45) is 0 Å². The van der Waals surface area contributed by atoms with Crippen LogP contribution in [0.1, 0.15) is 0 Å². The Morgan fingerprint density at radius 3 is 1.41 bits per heavy atom. The van der Waals surface area contributed by atoms with Gasteiger partial charge in [0.1, 0.15) is 0 Å². The summed E-state index contributed by atoms with van der Waals surface area (Å²) in [6.07, 6.45) is 3.66. The number of nitrogens with one attached hydrogen (secondary N) is 6. The summed E-state index contributed by atoms with van der Waals surface area (Å²) >= 11 is 0. The molecule has 6 N–H and O–H groups in total. The summed E-state index contributed by atoms with van der Waals surface area (Å²) in [6, 6.07) is 21.3. The minimum Gasteiger partial charge on any atom is -0.361 e. The van der Waals surface area contributed by atoms with Crippen LogP contribution in [0.2, 0.25) is 0 Å². The Morgan fingerprint density at radius 1 is 0.531 bits per heavy atom. The number of amides is 4. The van der Waals surface area contributed by atoms with E-state index in [9.17, 15) is 9.59 Å². The minimum absolute atomic E-state index is 0.350. The first kappa shape index (κ1) is 19.3. The fraction of sp³-hybridized carbons (Fsp3) is 0. The minimum atomic E-state index is -0.350. The number of fused-ring (bicyclic) bond motifs is 2. The van der Waals surface area contributed by atoms with Crippen molar-refractivity contribution in [3.05, 3.63) is 85.2 Å². The van der Waals surface area contributed by atoms with Gasteiger partial charge in [-0.2, -0.15) is 0 Å². The third-order valence-electron chi connectivity index (χ3n) is 5.09. The maximum Gasteiger partial charge on any atom is 0.323 e. The number of H-pyrrole nitrogens is 2. The molecule has 0 spiro atoms. The molecule has 158 valence electrons. The third-order valence-corrected chi connectivity index (χ3v) is 5.09. The van der Waals surface area contributed by atoms with Gasteiger partial charge in [-0.15, -0.1) is 0 Å². The SMILES string of the molecule is O=C(Nc1ccc(NC(=O)Nc2cccc3[nH]ccc23)cc1)Nc1cccc2[nH]ccc12. The number of benzene rings is 3. The molecule has 0 aliphatic rings. The molecule has 0 bridgehead atoms. The van der Waals surface area contributed by atoms with E-state index >= 15 is 0 Å². The zero-order valence-corrected chi connectivity index (χ0v) is 16.9. The second-order valence-electron chi connectivity index (χ2n) is 7.22. The van der Waals surface area contributed by atoms with Crippen LogP contribution < -0.4 is 21.3 Å². The predicted octanol–water partition coefficient (Wildman–Crippen LogP) is 5.94. The highest BCUT2D eigenvalue weighted by atomic mass is 16.2. The monoisotopic (exact) mass is 424 g/mol. The lowest BCUT2D eigenvalue weighted by molar-refractivity contribution is 0.261. The van der Waals surface area contributed by atoms with E-state index in [0.717, 1.165) is 21.8 Å². The fourth-order valence-electron chi connectivity index (χ4n) is 3.60. The quantitative estimate of drug-likeness (QED) is 0.214. The van der Waals surface area contributed by atoms with Gasteiger partial charge in [0.2, 0.25) is 0 Å². The van der Waals surface area contributed by atoms with Crippen molar-refractivity contribution in [3.8, 4) is 0 Å². The molecule has 0 aliphatic heterocycles. The van der Waals surface area contributed by atoms with Gasteiger partial charge < -0.3 is 31.2 Å². The summed E-state index contributed by atoms with van der Waals surface area (Å²) < 4.78 is 0. The van der Waals surface area contributed by atoms with E-state index in [4.69, 9.17) is 0 Å². The maximum absolute atomic E-state index is 12.4. The molecule has 8 nitrogen and oxygen atoms in total. The molecule has 2 aromatic heterocycles. The summed E-state index contributed by atoms with van der Waals surface area (Å²) in [6.45, 7) is 0. The van der Waals surface area contributed by atoms with Crippen molar-refractivity contribution in [3.63, 3.8) is 0 Å². The van der Waals surface area contributed by atoms with Crippen molar-refractivity contribution < 1.29 is 9.59 Å². The molecule has 4 amide bonds. The van der Waals surface area contributed by atoms with E-state index < -0.39 is 0 Å². The number of aromatic amines is 2. The largest absolute Gasteiger partial charge is 0.361 e. The number of hydrogen-bond acceptors (Lipinski definition) is 2. The Hall–Kier alpha value is -4.72. The standard InChI is InChI=1S/C24H20N6O2/c31-23(29-21-5-1-3-19-17(21)11-13-25-19)27-15-7-9-16(10-8-15)28-24(32)30-22-6-2-4-20-18(22)12-14-26-20/h1-14,25-26H,(H2,27,29,31)(H2,28,30,32). The Kier molecular flexibility index (Phi) is 4.93. The number of urea groups is 2. The number of aromatic nitrogens is 2. The number of anilines is 4. The van der Waals surface area contributed by atoms with E-state index in [1.807, 2.05) is 60.9 Å². The van der Waals surface area contributed by atoms with E-state index in [1.165, 1.54) is 0 Å². The molecule has 2 heterocycles.